The Morgan fingerprint density at radius 3 is 2.76 bits per heavy atom. The van der Waals surface area contributed by atoms with Gasteiger partial charge in [0.25, 0.3) is 0 Å². The van der Waals surface area contributed by atoms with Crippen LogP contribution in [0.15, 0.2) is 29.3 Å². The number of nitrogens with one attached hydrogen (secondary N) is 2. The highest BCUT2D eigenvalue weighted by Crippen LogP contribution is 2.19. The Labute approximate surface area is 169 Å². The summed E-state index contributed by atoms with van der Waals surface area (Å²) in [5, 5.41) is 5.66. The molecule has 2 rings (SSSR count). The zero-order valence-corrected chi connectivity index (χ0v) is 16.8. The minimum Gasteiger partial charge on any atom is -0.369 e. The minimum atomic E-state index is -4.19. The lowest BCUT2D eigenvalue weighted by molar-refractivity contribution is -0.132. The number of carbonyl (C=O) groups excluding carboxylic acids is 1. The summed E-state index contributed by atoms with van der Waals surface area (Å²) < 4.78 is 37.0. The fourth-order valence-electron chi connectivity index (χ4n) is 3.35. The zero-order valence-electron chi connectivity index (χ0n) is 16.8. The van der Waals surface area contributed by atoms with Crippen LogP contribution in [0.2, 0.25) is 0 Å². The summed E-state index contributed by atoms with van der Waals surface area (Å²) in [6, 6.07) is 7.94. The number of primary amides is 1. The largest absolute Gasteiger partial charge is 0.390 e. The first-order chi connectivity index (χ1) is 13.8. The van der Waals surface area contributed by atoms with Gasteiger partial charge in [-0.2, -0.15) is 13.2 Å². The van der Waals surface area contributed by atoms with Crippen LogP contribution in [0, 0.1) is 5.92 Å². The molecule has 1 atom stereocenters. The van der Waals surface area contributed by atoms with Crippen molar-refractivity contribution in [1.29, 1.82) is 0 Å². The van der Waals surface area contributed by atoms with E-state index in [-0.39, 0.29) is 18.4 Å². The second-order valence-electron chi connectivity index (χ2n) is 7.28. The number of rotatable bonds is 8. The predicted octanol–water partition coefficient (Wildman–Crippen LogP) is 2.39. The Bertz CT molecular complexity index is 693. The number of amides is 1. The molecule has 162 valence electrons. The van der Waals surface area contributed by atoms with Crippen molar-refractivity contribution in [2.45, 2.75) is 45.5 Å². The van der Waals surface area contributed by atoms with Crippen molar-refractivity contribution in [1.82, 2.24) is 15.5 Å². The molecule has 1 heterocycles. The normalized spacial score (nSPS) is 18.5. The number of benzene rings is 1. The number of carbonyl (C=O) groups is 1. The highest BCUT2D eigenvalue weighted by Gasteiger charge is 2.26. The van der Waals surface area contributed by atoms with Gasteiger partial charge in [0.05, 0.1) is 18.9 Å². The number of alkyl halides is 3. The molecule has 1 unspecified atom stereocenters. The SMILES string of the molecule is CCNC(=NCc1cccc(CN2CCCC(C(N)=O)C2)c1)NCCC(F)(F)F. The lowest BCUT2D eigenvalue weighted by atomic mass is 9.97. The van der Waals surface area contributed by atoms with E-state index in [2.05, 4.69) is 20.5 Å². The van der Waals surface area contributed by atoms with Gasteiger partial charge in [-0.05, 0) is 37.4 Å². The number of likely N-dealkylation sites (tertiary alicyclic amines) is 1. The van der Waals surface area contributed by atoms with Crippen LogP contribution in [-0.2, 0) is 17.9 Å². The van der Waals surface area contributed by atoms with Crippen LogP contribution in [-0.4, -0.2) is 49.1 Å². The molecule has 1 aliphatic rings. The van der Waals surface area contributed by atoms with Crippen LogP contribution in [0.1, 0.15) is 37.3 Å². The van der Waals surface area contributed by atoms with Crippen LogP contribution in [0.5, 0.6) is 0 Å². The Morgan fingerprint density at radius 1 is 1.31 bits per heavy atom. The van der Waals surface area contributed by atoms with E-state index >= 15 is 0 Å². The van der Waals surface area contributed by atoms with Gasteiger partial charge in [-0.15, -0.1) is 0 Å². The molecule has 1 amide bonds. The van der Waals surface area contributed by atoms with Gasteiger partial charge in [-0.1, -0.05) is 24.3 Å². The summed E-state index contributed by atoms with van der Waals surface area (Å²) in [7, 11) is 0. The van der Waals surface area contributed by atoms with Gasteiger partial charge >= 0.3 is 6.18 Å². The second-order valence-corrected chi connectivity index (χ2v) is 7.28. The average molecular weight is 413 g/mol. The molecule has 1 aromatic rings. The highest BCUT2D eigenvalue weighted by atomic mass is 19.4. The first-order valence-corrected chi connectivity index (χ1v) is 9.95. The molecule has 1 fully saturated rings. The molecule has 1 aliphatic heterocycles. The summed E-state index contributed by atoms with van der Waals surface area (Å²) in [5.74, 6) is 0.0243. The van der Waals surface area contributed by atoms with E-state index in [1.165, 1.54) is 0 Å². The van der Waals surface area contributed by atoms with Gasteiger partial charge in [-0.3, -0.25) is 9.69 Å². The molecule has 6 nitrogen and oxygen atoms in total. The van der Waals surface area contributed by atoms with E-state index in [1.54, 1.807) is 0 Å². The second kappa shape index (κ2) is 11.0. The van der Waals surface area contributed by atoms with Crippen molar-refractivity contribution in [2.75, 3.05) is 26.2 Å². The molecule has 0 aliphatic carbocycles. The number of halogens is 3. The van der Waals surface area contributed by atoms with Crippen molar-refractivity contribution < 1.29 is 18.0 Å². The third-order valence-electron chi connectivity index (χ3n) is 4.77. The molecule has 1 saturated heterocycles. The molecule has 9 heteroatoms. The maximum atomic E-state index is 12.3. The zero-order chi connectivity index (χ0) is 21.3. The van der Waals surface area contributed by atoms with Gasteiger partial charge in [0.2, 0.25) is 5.91 Å². The Morgan fingerprint density at radius 2 is 2.07 bits per heavy atom. The number of piperidine rings is 1. The molecular formula is C20H30F3N5O. The Hall–Kier alpha value is -2.29. The van der Waals surface area contributed by atoms with Crippen LogP contribution in [0.4, 0.5) is 13.2 Å². The highest BCUT2D eigenvalue weighted by molar-refractivity contribution is 5.79. The summed E-state index contributed by atoms with van der Waals surface area (Å²) >= 11 is 0. The van der Waals surface area contributed by atoms with E-state index in [4.69, 9.17) is 5.73 Å². The molecule has 0 radical (unpaired) electrons. The van der Waals surface area contributed by atoms with E-state index in [1.807, 2.05) is 31.2 Å². The third kappa shape index (κ3) is 8.72. The maximum absolute atomic E-state index is 12.3. The molecule has 1 aromatic carbocycles. The lowest BCUT2D eigenvalue weighted by Gasteiger charge is -2.31. The average Bonchev–Trinajstić information content (AvgIpc) is 2.65. The van der Waals surface area contributed by atoms with E-state index in [0.29, 0.717) is 25.6 Å². The van der Waals surface area contributed by atoms with Gasteiger partial charge in [-0.25, -0.2) is 4.99 Å². The molecule has 4 N–H and O–H groups in total. The summed E-state index contributed by atoms with van der Waals surface area (Å²) in [6.07, 6.45) is -3.31. The smallest absolute Gasteiger partial charge is 0.369 e. The summed E-state index contributed by atoms with van der Waals surface area (Å²) in [6.45, 7) is 4.90. The van der Waals surface area contributed by atoms with Crippen molar-refractivity contribution in [3.63, 3.8) is 0 Å². The number of hydrogen-bond acceptors (Lipinski definition) is 3. The lowest BCUT2D eigenvalue weighted by Crippen LogP contribution is -2.40. The standard InChI is InChI=1S/C20H30F3N5O/c1-2-25-19(26-9-8-20(21,22)23)27-12-15-5-3-6-16(11-15)13-28-10-4-7-17(14-28)18(24)29/h3,5-6,11,17H,2,4,7-10,12-14H2,1H3,(H2,24,29)(H2,25,26,27). The van der Waals surface area contributed by atoms with E-state index < -0.39 is 12.6 Å². The summed E-state index contributed by atoms with van der Waals surface area (Å²) in [5.41, 5.74) is 7.52. The van der Waals surface area contributed by atoms with Gasteiger partial charge in [0.15, 0.2) is 5.96 Å². The van der Waals surface area contributed by atoms with E-state index in [9.17, 15) is 18.0 Å². The first kappa shape index (κ1) is 23.0. The van der Waals surface area contributed by atoms with Crippen LogP contribution >= 0.6 is 0 Å². The van der Waals surface area contributed by atoms with Crippen molar-refractivity contribution in [3.8, 4) is 0 Å². The third-order valence-corrected chi connectivity index (χ3v) is 4.77. The maximum Gasteiger partial charge on any atom is 0.390 e. The quantitative estimate of drug-likeness (QED) is 0.452. The molecular weight excluding hydrogens is 383 g/mol. The molecule has 0 bridgehead atoms. The van der Waals surface area contributed by atoms with Crippen LogP contribution < -0.4 is 16.4 Å². The number of nitrogens with two attached hydrogens (primary N) is 1. The molecule has 0 spiro atoms. The van der Waals surface area contributed by atoms with Crippen molar-refractivity contribution in [2.24, 2.45) is 16.6 Å². The monoisotopic (exact) mass is 413 g/mol. The number of aliphatic imine (C=N–C) groups is 1. The number of nitrogens with zero attached hydrogens (tertiary/aromatic N) is 2. The van der Waals surface area contributed by atoms with Crippen LogP contribution in [0.25, 0.3) is 0 Å². The van der Waals surface area contributed by atoms with Gasteiger partial charge in [0, 0.05) is 26.2 Å². The van der Waals surface area contributed by atoms with Gasteiger partial charge in [0.1, 0.15) is 0 Å². The number of guanidine groups is 1. The minimum absolute atomic E-state index is 0.0954. The van der Waals surface area contributed by atoms with Crippen molar-refractivity contribution in [3.05, 3.63) is 35.4 Å². The Balaban J connectivity index is 1.93. The summed E-state index contributed by atoms with van der Waals surface area (Å²) in [4.78, 5) is 18.1. The fourth-order valence-corrected chi connectivity index (χ4v) is 3.35. The van der Waals surface area contributed by atoms with Crippen molar-refractivity contribution >= 4 is 11.9 Å². The molecule has 0 aromatic heterocycles. The predicted molar refractivity (Wildman–Crippen MR) is 107 cm³/mol. The number of hydrogen-bond donors (Lipinski definition) is 3. The molecule has 0 saturated carbocycles. The Kier molecular flexibility index (Phi) is 8.75. The molecule has 29 heavy (non-hydrogen) atoms. The fraction of sp³-hybridized carbons (Fsp3) is 0.600. The van der Waals surface area contributed by atoms with E-state index in [0.717, 1.165) is 37.1 Å². The first-order valence-electron chi connectivity index (χ1n) is 9.95. The van der Waals surface area contributed by atoms with Gasteiger partial charge < -0.3 is 16.4 Å². The topological polar surface area (TPSA) is 82.8 Å². The van der Waals surface area contributed by atoms with Crippen LogP contribution in [0.3, 0.4) is 0 Å².